The summed E-state index contributed by atoms with van der Waals surface area (Å²) in [4.78, 5) is 25.4. The Balaban J connectivity index is 1.18. The number of fused-ring (bicyclic) bond motifs is 1. The monoisotopic (exact) mass is 535 g/mol. The summed E-state index contributed by atoms with van der Waals surface area (Å²) >= 11 is 0. The minimum absolute atomic E-state index is 0.0185. The maximum Gasteiger partial charge on any atom is 0.262 e. The van der Waals surface area contributed by atoms with Gasteiger partial charge in [0.15, 0.2) is 6.61 Å². The van der Waals surface area contributed by atoms with Crippen molar-refractivity contribution in [2.24, 2.45) is 0 Å². The minimum atomic E-state index is -0.334. The SMILES string of the molecule is CC(C)(C)c1ccc(Oc2coc3cc(OCC(=O)Nc4ccc(Oc5ccccc5)cc4)ccc3c2=O)cc1. The maximum atomic E-state index is 13.0. The number of amides is 1. The molecule has 5 aromatic rings. The van der Waals surface area contributed by atoms with E-state index in [1.54, 1.807) is 42.5 Å². The second kappa shape index (κ2) is 11.4. The molecule has 0 aliphatic rings. The average Bonchev–Trinajstić information content (AvgIpc) is 2.95. The molecule has 0 aliphatic carbocycles. The van der Waals surface area contributed by atoms with Crippen LogP contribution in [0.1, 0.15) is 26.3 Å². The molecule has 1 amide bonds. The van der Waals surface area contributed by atoms with Gasteiger partial charge in [-0.2, -0.15) is 0 Å². The Labute approximate surface area is 231 Å². The quantitative estimate of drug-likeness (QED) is 0.219. The van der Waals surface area contributed by atoms with Gasteiger partial charge in [0.05, 0.1) is 5.39 Å². The third-order valence-electron chi connectivity index (χ3n) is 6.15. The molecule has 0 aliphatic heterocycles. The van der Waals surface area contributed by atoms with E-state index in [2.05, 4.69) is 26.1 Å². The number of rotatable bonds is 8. The number of carbonyl (C=O) groups excluding carboxylic acids is 1. The topological polar surface area (TPSA) is 87.0 Å². The van der Waals surface area contributed by atoms with Gasteiger partial charge in [-0.1, -0.05) is 51.1 Å². The Hall–Kier alpha value is -5.04. The lowest BCUT2D eigenvalue weighted by Crippen LogP contribution is -2.20. The van der Waals surface area contributed by atoms with Crippen molar-refractivity contribution in [1.29, 1.82) is 0 Å². The molecule has 0 atom stereocenters. The number of benzene rings is 4. The van der Waals surface area contributed by atoms with Crippen LogP contribution in [0, 0.1) is 0 Å². The summed E-state index contributed by atoms with van der Waals surface area (Å²) in [5, 5.41) is 3.13. The predicted molar refractivity (Wildman–Crippen MR) is 155 cm³/mol. The number of hydrogen-bond donors (Lipinski definition) is 1. The number of hydrogen-bond acceptors (Lipinski definition) is 6. The predicted octanol–water partition coefficient (Wildman–Crippen LogP) is 7.69. The summed E-state index contributed by atoms with van der Waals surface area (Å²) in [6, 6.07) is 28.9. The van der Waals surface area contributed by atoms with Gasteiger partial charge in [0.25, 0.3) is 5.91 Å². The molecule has 7 heteroatoms. The standard InChI is InChI=1S/C33H29NO6/c1-33(2,3)22-9-13-26(14-10-22)40-30-20-38-29-19-27(17-18-28(29)32(30)36)37-21-31(35)34-23-11-15-25(16-12-23)39-24-7-5-4-6-8-24/h4-20H,21H2,1-3H3,(H,34,35). The third kappa shape index (κ3) is 6.50. The highest BCUT2D eigenvalue weighted by Crippen LogP contribution is 2.28. The molecule has 202 valence electrons. The van der Waals surface area contributed by atoms with E-state index in [4.69, 9.17) is 18.6 Å². The van der Waals surface area contributed by atoms with Crippen molar-refractivity contribution in [2.45, 2.75) is 26.2 Å². The first-order valence-corrected chi connectivity index (χ1v) is 12.8. The van der Waals surface area contributed by atoms with E-state index in [9.17, 15) is 9.59 Å². The molecule has 1 N–H and O–H groups in total. The molecular formula is C33H29NO6. The van der Waals surface area contributed by atoms with Crippen LogP contribution in [0.3, 0.4) is 0 Å². The van der Waals surface area contributed by atoms with E-state index in [0.717, 1.165) is 11.3 Å². The van der Waals surface area contributed by atoms with Crippen molar-refractivity contribution in [2.75, 3.05) is 11.9 Å². The molecular weight excluding hydrogens is 506 g/mol. The number of ether oxygens (including phenoxy) is 3. The summed E-state index contributed by atoms with van der Waals surface area (Å²) in [6.07, 6.45) is 1.28. The Morgan fingerprint density at radius 2 is 1.40 bits per heavy atom. The van der Waals surface area contributed by atoms with E-state index < -0.39 is 0 Å². The number of carbonyl (C=O) groups is 1. The van der Waals surface area contributed by atoms with Crippen molar-refractivity contribution < 1.29 is 23.4 Å². The molecule has 4 aromatic carbocycles. The lowest BCUT2D eigenvalue weighted by Gasteiger charge is -2.19. The normalized spacial score (nSPS) is 11.2. The van der Waals surface area contributed by atoms with Gasteiger partial charge in [0.1, 0.15) is 34.8 Å². The number of nitrogens with one attached hydrogen (secondary N) is 1. The fraction of sp³-hybridized carbons (Fsp3) is 0.152. The fourth-order valence-electron chi connectivity index (χ4n) is 3.98. The second-order valence-corrected chi connectivity index (χ2v) is 10.2. The first-order chi connectivity index (χ1) is 19.2. The van der Waals surface area contributed by atoms with Crippen LogP contribution in [0.5, 0.6) is 28.7 Å². The van der Waals surface area contributed by atoms with Crippen LogP contribution in [0.15, 0.2) is 113 Å². The molecule has 0 saturated heterocycles. The zero-order valence-electron chi connectivity index (χ0n) is 22.5. The summed E-state index contributed by atoms with van der Waals surface area (Å²) in [7, 11) is 0. The summed E-state index contributed by atoms with van der Waals surface area (Å²) < 4.78 is 22.8. The van der Waals surface area contributed by atoms with Crippen molar-refractivity contribution in [3.05, 3.63) is 119 Å². The molecule has 0 bridgehead atoms. The Kier molecular flexibility index (Phi) is 7.55. The van der Waals surface area contributed by atoms with Crippen LogP contribution in [-0.2, 0) is 10.2 Å². The highest BCUT2D eigenvalue weighted by molar-refractivity contribution is 5.92. The number of para-hydroxylation sites is 1. The van der Waals surface area contributed by atoms with Crippen molar-refractivity contribution in [1.82, 2.24) is 0 Å². The van der Waals surface area contributed by atoms with Gasteiger partial charge >= 0.3 is 0 Å². The zero-order chi connectivity index (χ0) is 28.1. The van der Waals surface area contributed by atoms with Gasteiger partial charge < -0.3 is 23.9 Å². The summed E-state index contributed by atoms with van der Waals surface area (Å²) in [5.74, 6) is 2.08. The average molecular weight is 536 g/mol. The third-order valence-corrected chi connectivity index (χ3v) is 6.15. The first-order valence-electron chi connectivity index (χ1n) is 12.8. The highest BCUT2D eigenvalue weighted by atomic mass is 16.5. The zero-order valence-corrected chi connectivity index (χ0v) is 22.5. The maximum absolute atomic E-state index is 13.0. The largest absolute Gasteiger partial charge is 0.484 e. The molecule has 1 aromatic heterocycles. The molecule has 0 saturated carbocycles. The molecule has 5 rings (SSSR count). The van der Waals surface area contributed by atoms with E-state index in [1.807, 2.05) is 54.6 Å². The van der Waals surface area contributed by atoms with Gasteiger partial charge in [-0.15, -0.1) is 0 Å². The second-order valence-electron chi connectivity index (χ2n) is 10.2. The van der Waals surface area contributed by atoms with Crippen LogP contribution >= 0.6 is 0 Å². The van der Waals surface area contributed by atoms with Gasteiger partial charge in [-0.3, -0.25) is 9.59 Å². The van der Waals surface area contributed by atoms with Gasteiger partial charge in [0.2, 0.25) is 11.2 Å². The van der Waals surface area contributed by atoms with Gasteiger partial charge in [0, 0.05) is 11.8 Å². The van der Waals surface area contributed by atoms with Crippen LogP contribution in [0.25, 0.3) is 11.0 Å². The van der Waals surface area contributed by atoms with Crippen LogP contribution in [-0.4, -0.2) is 12.5 Å². The van der Waals surface area contributed by atoms with E-state index in [0.29, 0.717) is 33.9 Å². The Bertz CT molecular complexity index is 1670. The first kappa shape index (κ1) is 26.6. The molecule has 0 radical (unpaired) electrons. The summed E-state index contributed by atoms with van der Waals surface area (Å²) in [6.45, 7) is 6.18. The molecule has 7 nitrogen and oxygen atoms in total. The summed E-state index contributed by atoms with van der Waals surface area (Å²) in [5.41, 5.74) is 1.82. The van der Waals surface area contributed by atoms with E-state index >= 15 is 0 Å². The van der Waals surface area contributed by atoms with Crippen molar-refractivity contribution in [3.63, 3.8) is 0 Å². The van der Waals surface area contributed by atoms with Crippen molar-refractivity contribution in [3.8, 4) is 28.7 Å². The molecule has 0 spiro atoms. The fourth-order valence-corrected chi connectivity index (χ4v) is 3.98. The van der Waals surface area contributed by atoms with Gasteiger partial charge in [-0.25, -0.2) is 0 Å². The minimum Gasteiger partial charge on any atom is -0.484 e. The molecule has 1 heterocycles. The Morgan fingerprint density at radius 1 is 0.775 bits per heavy atom. The highest BCUT2D eigenvalue weighted by Gasteiger charge is 2.15. The van der Waals surface area contributed by atoms with E-state index in [-0.39, 0.29) is 29.1 Å². The lowest BCUT2D eigenvalue weighted by atomic mass is 9.87. The van der Waals surface area contributed by atoms with E-state index in [1.165, 1.54) is 6.26 Å². The van der Waals surface area contributed by atoms with Gasteiger partial charge in [-0.05, 0) is 71.6 Å². The molecule has 0 unspecified atom stereocenters. The van der Waals surface area contributed by atoms with Crippen LogP contribution < -0.4 is 25.0 Å². The van der Waals surface area contributed by atoms with Crippen LogP contribution in [0.2, 0.25) is 0 Å². The Morgan fingerprint density at radius 3 is 2.10 bits per heavy atom. The smallest absolute Gasteiger partial charge is 0.262 e. The van der Waals surface area contributed by atoms with Crippen molar-refractivity contribution >= 4 is 22.6 Å². The lowest BCUT2D eigenvalue weighted by molar-refractivity contribution is -0.118. The molecule has 0 fully saturated rings. The molecule has 40 heavy (non-hydrogen) atoms. The van der Waals surface area contributed by atoms with Crippen LogP contribution in [0.4, 0.5) is 5.69 Å². The number of anilines is 1.